The number of benzene rings is 1. The van der Waals surface area contributed by atoms with E-state index in [1.165, 1.54) is 4.88 Å². The Kier molecular flexibility index (Phi) is 5.21. The van der Waals surface area contributed by atoms with Gasteiger partial charge in [0.25, 0.3) is 0 Å². The minimum absolute atomic E-state index is 0.358. The van der Waals surface area contributed by atoms with Crippen molar-refractivity contribution in [2.24, 2.45) is 5.73 Å². The van der Waals surface area contributed by atoms with Gasteiger partial charge in [0.2, 0.25) is 0 Å². The minimum atomic E-state index is 0.358. The van der Waals surface area contributed by atoms with Gasteiger partial charge in [-0.1, -0.05) is 23.8 Å². The van der Waals surface area contributed by atoms with E-state index in [4.69, 9.17) is 29.6 Å². The summed E-state index contributed by atoms with van der Waals surface area (Å²) in [5.41, 5.74) is 7.25. The van der Waals surface area contributed by atoms with Crippen LogP contribution in [0.25, 0.3) is 0 Å². The molecule has 0 amide bonds. The maximum atomic E-state index is 6.18. The number of nitrogens with one attached hydrogen (secondary N) is 1. The second-order valence-electron chi connectivity index (χ2n) is 3.94. The molecule has 0 saturated carbocycles. The summed E-state index contributed by atoms with van der Waals surface area (Å²) in [4.78, 5) is 1.69. The zero-order valence-electron chi connectivity index (χ0n) is 9.95. The lowest BCUT2D eigenvalue weighted by atomic mass is 10.2. The third-order valence-electron chi connectivity index (χ3n) is 2.57. The van der Waals surface area contributed by atoms with Crippen molar-refractivity contribution in [1.29, 1.82) is 0 Å². The van der Waals surface area contributed by atoms with Crippen LogP contribution < -0.4 is 11.1 Å². The molecule has 2 rings (SSSR count). The van der Waals surface area contributed by atoms with Gasteiger partial charge in [-0.3, -0.25) is 0 Å². The molecule has 0 aliphatic carbocycles. The quantitative estimate of drug-likeness (QED) is 0.758. The lowest BCUT2D eigenvalue weighted by Gasteiger charge is -2.09. The van der Waals surface area contributed by atoms with Crippen molar-refractivity contribution in [3.05, 3.63) is 49.6 Å². The van der Waals surface area contributed by atoms with Crippen molar-refractivity contribution in [3.63, 3.8) is 0 Å². The van der Waals surface area contributed by atoms with Crippen molar-refractivity contribution < 1.29 is 0 Å². The molecule has 0 spiro atoms. The molecule has 1 aromatic heterocycles. The van der Waals surface area contributed by atoms with Crippen molar-refractivity contribution >= 4 is 61.8 Å². The molecule has 2 nitrogen and oxygen atoms in total. The van der Waals surface area contributed by atoms with Gasteiger partial charge in [-0.15, -0.1) is 11.3 Å². The smallest absolute Gasteiger partial charge is 0.104 e. The largest absolute Gasteiger partial charge is 0.389 e. The van der Waals surface area contributed by atoms with Crippen LogP contribution in [0, 0.1) is 0 Å². The summed E-state index contributed by atoms with van der Waals surface area (Å²) in [6.45, 7) is 0.832. The van der Waals surface area contributed by atoms with Gasteiger partial charge in [0.15, 0.2) is 0 Å². The molecule has 0 fully saturated rings. The van der Waals surface area contributed by atoms with Crippen LogP contribution in [0.3, 0.4) is 0 Å². The summed E-state index contributed by atoms with van der Waals surface area (Å²) < 4.78 is 1.15. The van der Waals surface area contributed by atoms with Gasteiger partial charge in [0.05, 0.1) is 14.5 Å². The molecule has 0 aliphatic rings. The van der Waals surface area contributed by atoms with Crippen LogP contribution in [0.1, 0.15) is 10.4 Å². The molecular weight excluding hydrogens is 364 g/mol. The molecule has 2 aromatic rings. The van der Waals surface area contributed by atoms with E-state index >= 15 is 0 Å². The van der Waals surface area contributed by atoms with Crippen LogP contribution in [0.15, 0.2) is 34.1 Å². The Hall–Kier alpha value is -0.620. The number of rotatable bonds is 5. The summed E-state index contributed by atoms with van der Waals surface area (Å²) in [6, 6.07) is 9.74. The molecule has 0 atom stereocenters. The van der Waals surface area contributed by atoms with Gasteiger partial charge in [0.1, 0.15) is 4.99 Å². The van der Waals surface area contributed by atoms with Crippen LogP contribution in [0.2, 0.25) is 5.02 Å². The predicted molar refractivity (Wildman–Crippen MR) is 91.6 cm³/mol. The van der Waals surface area contributed by atoms with Gasteiger partial charge in [-0.2, -0.15) is 0 Å². The van der Waals surface area contributed by atoms with Gasteiger partial charge < -0.3 is 11.1 Å². The highest BCUT2D eigenvalue weighted by Gasteiger charge is 2.04. The molecule has 0 bridgehead atoms. The third-order valence-corrected chi connectivity index (χ3v) is 4.80. The summed E-state index contributed by atoms with van der Waals surface area (Å²) in [5, 5.41) is 3.95. The van der Waals surface area contributed by atoms with E-state index in [1.54, 1.807) is 17.4 Å². The Morgan fingerprint density at radius 2 is 2.16 bits per heavy atom. The van der Waals surface area contributed by atoms with Gasteiger partial charge in [0, 0.05) is 17.0 Å². The van der Waals surface area contributed by atoms with Crippen LogP contribution >= 0.6 is 51.1 Å². The first kappa shape index (κ1) is 14.8. The maximum Gasteiger partial charge on any atom is 0.104 e. The first-order valence-corrected chi connectivity index (χ1v) is 8.03. The van der Waals surface area contributed by atoms with Crippen LogP contribution in [0.5, 0.6) is 0 Å². The van der Waals surface area contributed by atoms with E-state index in [9.17, 15) is 0 Å². The van der Waals surface area contributed by atoms with Crippen molar-refractivity contribution in [2.45, 2.75) is 6.42 Å². The Bertz CT molecular complexity index is 598. The van der Waals surface area contributed by atoms with Crippen molar-refractivity contribution in [1.82, 2.24) is 0 Å². The average Bonchev–Trinajstić information content (AvgIpc) is 2.77. The molecule has 19 heavy (non-hydrogen) atoms. The Balaban J connectivity index is 1.94. The number of thiophene rings is 1. The Labute approximate surface area is 135 Å². The van der Waals surface area contributed by atoms with Gasteiger partial charge in [-0.25, -0.2) is 0 Å². The number of hydrogen-bond donors (Lipinski definition) is 2. The number of anilines is 1. The lowest BCUT2D eigenvalue weighted by Crippen LogP contribution is -2.10. The highest BCUT2D eigenvalue weighted by Crippen LogP contribution is 2.25. The molecule has 1 heterocycles. The molecule has 3 N–H and O–H groups in total. The van der Waals surface area contributed by atoms with Crippen LogP contribution in [-0.2, 0) is 6.42 Å². The molecule has 1 aromatic carbocycles. The Morgan fingerprint density at radius 3 is 2.74 bits per heavy atom. The SMILES string of the molecule is NC(=S)c1ccc(NCCc2ccc(Br)s2)c(Cl)c1. The standard InChI is InChI=1S/C13H12BrClN2S2/c14-12-4-2-9(19-12)5-6-17-11-3-1-8(13(16)18)7-10(11)15/h1-4,7,17H,5-6H2,(H2,16,18). The fourth-order valence-electron chi connectivity index (χ4n) is 1.62. The monoisotopic (exact) mass is 374 g/mol. The molecule has 0 aliphatic heterocycles. The van der Waals surface area contributed by atoms with E-state index in [0.717, 1.165) is 28.0 Å². The summed E-state index contributed by atoms with van der Waals surface area (Å²) in [6.07, 6.45) is 0.962. The molecular formula is C13H12BrClN2S2. The zero-order valence-corrected chi connectivity index (χ0v) is 13.9. The fraction of sp³-hybridized carbons (Fsp3) is 0.154. The number of nitrogens with two attached hydrogens (primary N) is 1. The molecule has 6 heteroatoms. The lowest BCUT2D eigenvalue weighted by molar-refractivity contribution is 1.04. The van der Waals surface area contributed by atoms with Crippen molar-refractivity contribution in [2.75, 3.05) is 11.9 Å². The Morgan fingerprint density at radius 1 is 1.37 bits per heavy atom. The van der Waals surface area contributed by atoms with E-state index < -0.39 is 0 Å². The molecule has 100 valence electrons. The second kappa shape index (κ2) is 6.70. The average molecular weight is 376 g/mol. The van der Waals surface area contributed by atoms with Gasteiger partial charge in [-0.05, 0) is 52.7 Å². The predicted octanol–water partition coefficient (Wildman–Crippen LogP) is 4.45. The highest BCUT2D eigenvalue weighted by molar-refractivity contribution is 9.11. The number of hydrogen-bond acceptors (Lipinski definition) is 3. The normalized spacial score (nSPS) is 10.4. The van der Waals surface area contributed by atoms with Gasteiger partial charge >= 0.3 is 0 Å². The maximum absolute atomic E-state index is 6.18. The molecule has 0 radical (unpaired) electrons. The summed E-state index contributed by atoms with van der Waals surface area (Å²) in [7, 11) is 0. The molecule has 0 saturated heterocycles. The summed E-state index contributed by atoms with van der Waals surface area (Å²) in [5.74, 6) is 0. The molecule has 0 unspecified atom stereocenters. The number of thiocarbonyl (C=S) groups is 1. The number of halogens is 2. The van der Waals surface area contributed by atoms with E-state index in [2.05, 4.69) is 33.4 Å². The first-order valence-electron chi connectivity index (χ1n) is 5.63. The second-order valence-corrected chi connectivity index (χ2v) is 7.34. The van der Waals surface area contributed by atoms with Crippen molar-refractivity contribution in [3.8, 4) is 0 Å². The zero-order chi connectivity index (χ0) is 13.8. The van der Waals surface area contributed by atoms with Crippen LogP contribution in [-0.4, -0.2) is 11.5 Å². The highest BCUT2D eigenvalue weighted by atomic mass is 79.9. The first-order chi connectivity index (χ1) is 9.06. The third kappa shape index (κ3) is 4.18. The minimum Gasteiger partial charge on any atom is -0.389 e. The fourth-order valence-corrected chi connectivity index (χ4v) is 3.48. The van der Waals surface area contributed by atoms with E-state index in [0.29, 0.717) is 10.0 Å². The van der Waals surface area contributed by atoms with E-state index in [-0.39, 0.29) is 0 Å². The summed E-state index contributed by atoms with van der Waals surface area (Å²) >= 11 is 16.3. The topological polar surface area (TPSA) is 38.0 Å². The van der Waals surface area contributed by atoms with Crippen LogP contribution in [0.4, 0.5) is 5.69 Å². The van der Waals surface area contributed by atoms with E-state index in [1.807, 2.05) is 12.1 Å².